The second-order valence-corrected chi connectivity index (χ2v) is 3.23. The van der Waals surface area contributed by atoms with Crippen molar-refractivity contribution in [1.29, 1.82) is 0 Å². The largest absolute Gasteiger partial charge is 0.506 e. The minimum Gasteiger partial charge on any atom is -0.506 e. The molecule has 0 atom stereocenters. The maximum Gasteiger partial charge on any atom is 0.213 e. The van der Waals surface area contributed by atoms with Crippen LogP contribution in [0.1, 0.15) is 12.6 Å². The van der Waals surface area contributed by atoms with Crippen LogP contribution in [0.5, 0.6) is 5.88 Å². The van der Waals surface area contributed by atoms with E-state index in [4.69, 9.17) is 4.74 Å². The summed E-state index contributed by atoms with van der Waals surface area (Å²) in [5, 5.41) is 12.9. The zero-order valence-corrected chi connectivity index (χ0v) is 8.16. The van der Waals surface area contributed by atoms with Crippen molar-refractivity contribution in [3.05, 3.63) is 23.4 Å². The first kappa shape index (κ1) is 8.87. The number of pyridine rings is 1. The molecular formula is C10H12N2O2. The molecule has 0 saturated carbocycles. The van der Waals surface area contributed by atoms with Gasteiger partial charge in [0.2, 0.25) is 5.88 Å². The zero-order valence-electron chi connectivity index (χ0n) is 8.16. The summed E-state index contributed by atoms with van der Waals surface area (Å²) >= 11 is 0. The summed E-state index contributed by atoms with van der Waals surface area (Å²) in [5.74, 6) is 0.754. The van der Waals surface area contributed by atoms with Gasteiger partial charge in [-0.1, -0.05) is 0 Å². The van der Waals surface area contributed by atoms with Gasteiger partial charge >= 0.3 is 0 Å². The van der Waals surface area contributed by atoms with E-state index < -0.39 is 0 Å². The lowest BCUT2D eigenvalue weighted by Gasteiger charge is -2.18. The highest BCUT2D eigenvalue weighted by Gasteiger charge is 2.17. The SMILES string of the molecule is COc1ccc2c(n1)C(O)=C(C)CN2. The van der Waals surface area contributed by atoms with Crippen LogP contribution in [0.3, 0.4) is 0 Å². The Kier molecular flexibility index (Phi) is 2.04. The summed E-state index contributed by atoms with van der Waals surface area (Å²) < 4.78 is 4.99. The van der Waals surface area contributed by atoms with E-state index in [0.29, 0.717) is 18.1 Å². The maximum atomic E-state index is 9.77. The fraction of sp³-hybridized carbons (Fsp3) is 0.300. The van der Waals surface area contributed by atoms with Crippen LogP contribution in [0.4, 0.5) is 5.69 Å². The number of aromatic nitrogens is 1. The van der Waals surface area contributed by atoms with Gasteiger partial charge in [-0.05, 0) is 18.6 Å². The Balaban J connectivity index is 2.54. The lowest BCUT2D eigenvalue weighted by molar-refractivity contribution is 0.396. The molecule has 0 bridgehead atoms. The van der Waals surface area contributed by atoms with Crippen LogP contribution in [-0.4, -0.2) is 23.7 Å². The fourth-order valence-electron chi connectivity index (χ4n) is 1.39. The number of nitrogens with one attached hydrogen (secondary N) is 1. The smallest absolute Gasteiger partial charge is 0.213 e. The van der Waals surface area contributed by atoms with Gasteiger partial charge in [0.1, 0.15) is 11.5 Å². The molecule has 0 amide bonds. The molecule has 1 aromatic heterocycles. The molecule has 1 aromatic rings. The van der Waals surface area contributed by atoms with Crippen molar-refractivity contribution >= 4 is 11.4 Å². The molecular weight excluding hydrogens is 180 g/mol. The summed E-state index contributed by atoms with van der Waals surface area (Å²) in [6, 6.07) is 3.61. The summed E-state index contributed by atoms with van der Waals surface area (Å²) in [6.45, 7) is 2.53. The third kappa shape index (κ3) is 1.28. The van der Waals surface area contributed by atoms with E-state index in [0.717, 1.165) is 11.3 Å². The molecule has 0 unspecified atom stereocenters. The van der Waals surface area contributed by atoms with Crippen molar-refractivity contribution in [3.63, 3.8) is 0 Å². The Bertz CT molecular complexity index is 399. The van der Waals surface area contributed by atoms with Gasteiger partial charge in [0.25, 0.3) is 0 Å². The molecule has 2 heterocycles. The minimum absolute atomic E-state index is 0.248. The lowest BCUT2D eigenvalue weighted by atomic mass is 10.1. The van der Waals surface area contributed by atoms with Gasteiger partial charge in [0.15, 0.2) is 0 Å². The molecule has 0 saturated heterocycles. The van der Waals surface area contributed by atoms with Gasteiger partial charge in [-0.15, -0.1) is 0 Å². The van der Waals surface area contributed by atoms with E-state index in [9.17, 15) is 5.11 Å². The van der Waals surface area contributed by atoms with Crippen LogP contribution < -0.4 is 10.1 Å². The van der Waals surface area contributed by atoms with E-state index in [1.165, 1.54) is 0 Å². The van der Waals surface area contributed by atoms with Crippen LogP contribution >= 0.6 is 0 Å². The van der Waals surface area contributed by atoms with Crippen LogP contribution in [0.2, 0.25) is 0 Å². The van der Waals surface area contributed by atoms with Crippen LogP contribution in [0, 0.1) is 0 Å². The van der Waals surface area contributed by atoms with Crippen LogP contribution in [0.25, 0.3) is 5.76 Å². The Morgan fingerprint density at radius 1 is 1.50 bits per heavy atom. The minimum atomic E-state index is 0.248. The number of rotatable bonds is 1. The number of nitrogens with zero attached hydrogens (tertiary/aromatic N) is 1. The second-order valence-electron chi connectivity index (χ2n) is 3.23. The van der Waals surface area contributed by atoms with Crippen molar-refractivity contribution in [3.8, 4) is 5.88 Å². The second kappa shape index (κ2) is 3.21. The topological polar surface area (TPSA) is 54.4 Å². The fourth-order valence-corrected chi connectivity index (χ4v) is 1.39. The molecule has 74 valence electrons. The van der Waals surface area contributed by atoms with Gasteiger partial charge in [-0.25, -0.2) is 4.98 Å². The number of methoxy groups -OCH3 is 1. The van der Waals surface area contributed by atoms with Crippen molar-refractivity contribution in [2.45, 2.75) is 6.92 Å². The summed E-state index contributed by atoms with van der Waals surface area (Å²) in [7, 11) is 1.55. The Labute approximate surface area is 82.2 Å². The summed E-state index contributed by atoms with van der Waals surface area (Å²) in [4.78, 5) is 4.17. The van der Waals surface area contributed by atoms with Crippen molar-refractivity contribution in [2.24, 2.45) is 0 Å². The van der Waals surface area contributed by atoms with E-state index >= 15 is 0 Å². The molecule has 2 N–H and O–H groups in total. The van der Waals surface area contributed by atoms with Crippen LogP contribution in [-0.2, 0) is 0 Å². The van der Waals surface area contributed by atoms with E-state index in [1.807, 2.05) is 13.0 Å². The third-order valence-electron chi connectivity index (χ3n) is 2.25. The average molecular weight is 192 g/mol. The standard InChI is InChI=1S/C10H12N2O2/c1-6-5-11-7-3-4-8(14-2)12-9(7)10(6)13/h3-4,11,13H,5H2,1-2H3. The first-order valence-corrected chi connectivity index (χ1v) is 4.40. The highest BCUT2D eigenvalue weighted by Crippen LogP contribution is 2.28. The van der Waals surface area contributed by atoms with Crippen molar-refractivity contribution < 1.29 is 9.84 Å². The highest BCUT2D eigenvalue weighted by atomic mass is 16.5. The van der Waals surface area contributed by atoms with E-state index in [2.05, 4.69) is 10.3 Å². The van der Waals surface area contributed by atoms with Gasteiger partial charge in [-0.3, -0.25) is 0 Å². The number of aliphatic hydroxyl groups is 1. The van der Waals surface area contributed by atoms with Crippen LogP contribution in [0.15, 0.2) is 17.7 Å². The number of hydrogen-bond acceptors (Lipinski definition) is 4. The number of hydrogen-bond donors (Lipinski definition) is 2. The molecule has 1 aliphatic rings. The Hall–Kier alpha value is -1.71. The molecule has 2 rings (SSSR count). The summed E-state index contributed by atoms with van der Waals surface area (Å²) in [6.07, 6.45) is 0. The molecule has 0 fully saturated rings. The zero-order chi connectivity index (χ0) is 10.1. The number of fused-ring (bicyclic) bond motifs is 1. The lowest BCUT2D eigenvalue weighted by Crippen LogP contribution is -2.13. The first-order valence-electron chi connectivity index (χ1n) is 4.40. The normalized spacial score (nSPS) is 14.7. The molecule has 14 heavy (non-hydrogen) atoms. The molecule has 1 aliphatic heterocycles. The average Bonchev–Trinajstić information content (AvgIpc) is 2.23. The maximum absolute atomic E-state index is 9.77. The van der Waals surface area contributed by atoms with Gasteiger partial charge in [0, 0.05) is 12.6 Å². The van der Waals surface area contributed by atoms with Gasteiger partial charge in [0.05, 0.1) is 12.8 Å². The number of ether oxygens (including phenoxy) is 1. The van der Waals surface area contributed by atoms with E-state index in [1.54, 1.807) is 13.2 Å². The molecule has 0 radical (unpaired) electrons. The highest BCUT2D eigenvalue weighted by molar-refractivity contribution is 5.74. The molecule has 0 aromatic carbocycles. The molecule has 0 aliphatic carbocycles. The molecule has 0 spiro atoms. The van der Waals surface area contributed by atoms with Gasteiger partial charge in [-0.2, -0.15) is 0 Å². The van der Waals surface area contributed by atoms with E-state index in [-0.39, 0.29) is 5.76 Å². The monoisotopic (exact) mass is 192 g/mol. The third-order valence-corrected chi connectivity index (χ3v) is 2.25. The quantitative estimate of drug-likeness (QED) is 0.712. The molecule has 4 nitrogen and oxygen atoms in total. The predicted molar refractivity (Wildman–Crippen MR) is 54.5 cm³/mol. The Morgan fingerprint density at radius 2 is 2.29 bits per heavy atom. The molecule has 4 heteroatoms. The number of anilines is 1. The van der Waals surface area contributed by atoms with Gasteiger partial charge < -0.3 is 15.2 Å². The van der Waals surface area contributed by atoms with Crippen molar-refractivity contribution in [1.82, 2.24) is 4.98 Å². The predicted octanol–water partition coefficient (Wildman–Crippen LogP) is 1.80. The Morgan fingerprint density at radius 3 is 3.00 bits per heavy atom. The van der Waals surface area contributed by atoms with Crippen molar-refractivity contribution in [2.75, 3.05) is 19.0 Å². The number of aliphatic hydroxyl groups excluding tert-OH is 1. The first-order chi connectivity index (χ1) is 6.72. The summed E-state index contributed by atoms with van der Waals surface area (Å²) in [5.41, 5.74) is 2.29.